The summed E-state index contributed by atoms with van der Waals surface area (Å²) in [6.45, 7) is 12.7. The summed E-state index contributed by atoms with van der Waals surface area (Å²) in [6, 6.07) is 59.5. The maximum atomic E-state index is 8.59. The van der Waals surface area contributed by atoms with Gasteiger partial charge in [-0.1, -0.05) is 209 Å². The second kappa shape index (κ2) is 25.7. The van der Waals surface area contributed by atoms with Crippen LogP contribution in [0, 0.1) is 41.5 Å². The zero-order chi connectivity index (χ0) is 33.0. The standard InChI is InChI=1S/C9H12O.5C7H8/c1-8-2-4-9(5-3-8)6-7-10;5*1-7-5-3-2-4-6-7/h2-5,10H,6-7H2,1H3;5*2-6H,1H3. The van der Waals surface area contributed by atoms with Crippen molar-refractivity contribution in [3.63, 3.8) is 0 Å². The SMILES string of the molecule is Cc1ccc(CCO)cc1.Cc1ccccc1.Cc1ccccc1.Cc1ccccc1.Cc1ccccc1.Cc1ccccc1. The van der Waals surface area contributed by atoms with E-state index in [2.05, 4.69) is 114 Å². The topological polar surface area (TPSA) is 20.2 Å². The number of rotatable bonds is 2. The molecule has 0 atom stereocenters. The first kappa shape index (κ1) is 38.3. The number of hydrogen-bond donors (Lipinski definition) is 1. The fourth-order valence-corrected chi connectivity index (χ4v) is 3.56. The largest absolute Gasteiger partial charge is 0.396 e. The van der Waals surface area contributed by atoms with Crippen LogP contribution in [0.25, 0.3) is 0 Å². The molecule has 6 rings (SSSR count). The van der Waals surface area contributed by atoms with E-state index in [1.54, 1.807) is 0 Å². The van der Waals surface area contributed by atoms with Crippen molar-refractivity contribution in [2.45, 2.75) is 48.0 Å². The summed E-state index contributed by atoms with van der Waals surface area (Å²) in [5, 5.41) is 8.59. The molecule has 0 amide bonds. The molecule has 1 heteroatoms. The lowest BCUT2D eigenvalue weighted by atomic mass is 10.1. The second-order valence-electron chi connectivity index (χ2n) is 10.7. The lowest BCUT2D eigenvalue weighted by Crippen LogP contribution is -1.89. The molecular formula is C44H52O. The molecule has 0 saturated heterocycles. The Kier molecular flexibility index (Phi) is 21.9. The Morgan fingerprint density at radius 1 is 0.289 bits per heavy atom. The van der Waals surface area contributed by atoms with Crippen molar-refractivity contribution in [3.8, 4) is 0 Å². The zero-order valence-electron chi connectivity index (χ0n) is 28.1. The Hall–Kier alpha value is -4.72. The van der Waals surface area contributed by atoms with E-state index in [0.717, 1.165) is 6.42 Å². The van der Waals surface area contributed by atoms with Gasteiger partial charge in [0, 0.05) is 6.61 Å². The molecule has 0 bridgehead atoms. The van der Waals surface area contributed by atoms with E-state index in [-0.39, 0.29) is 6.61 Å². The van der Waals surface area contributed by atoms with Crippen LogP contribution in [0.4, 0.5) is 0 Å². The van der Waals surface area contributed by atoms with Crippen LogP contribution in [0.2, 0.25) is 0 Å². The van der Waals surface area contributed by atoms with Crippen LogP contribution in [0.1, 0.15) is 38.9 Å². The van der Waals surface area contributed by atoms with Crippen LogP contribution in [0.3, 0.4) is 0 Å². The summed E-state index contributed by atoms with van der Waals surface area (Å²) in [5.74, 6) is 0. The minimum absolute atomic E-state index is 0.239. The Balaban J connectivity index is 0.000000272. The molecule has 1 N–H and O–H groups in total. The third kappa shape index (κ3) is 23.4. The zero-order valence-corrected chi connectivity index (χ0v) is 28.1. The van der Waals surface area contributed by atoms with Crippen molar-refractivity contribution in [1.29, 1.82) is 0 Å². The van der Waals surface area contributed by atoms with Gasteiger partial charge in [-0.05, 0) is 53.5 Å². The van der Waals surface area contributed by atoms with Gasteiger partial charge >= 0.3 is 0 Å². The van der Waals surface area contributed by atoms with Gasteiger partial charge in [0.2, 0.25) is 0 Å². The van der Waals surface area contributed by atoms with Gasteiger partial charge in [0.05, 0.1) is 0 Å². The van der Waals surface area contributed by atoms with Gasteiger partial charge in [0.25, 0.3) is 0 Å². The smallest absolute Gasteiger partial charge is 0.0471 e. The molecule has 6 aromatic rings. The van der Waals surface area contributed by atoms with Crippen molar-refractivity contribution in [1.82, 2.24) is 0 Å². The van der Waals surface area contributed by atoms with Crippen molar-refractivity contribution < 1.29 is 5.11 Å². The van der Waals surface area contributed by atoms with E-state index in [1.807, 2.05) is 103 Å². The van der Waals surface area contributed by atoms with E-state index in [1.165, 1.54) is 38.9 Å². The minimum atomic E-state index is 0.239. The lowest BCUT2D eigenvalue weighted by Gasteiger charge is -1.96. The Bertz CT molecular complexity index is 1230. The molecule has 0 spiro atoms. The van der Waals surface area contributed by atoms with Crippen molar-refractivity contribution in [2.75, 3.05) is 6.61 Å². The highest BCUT2D eigenvalue weighted by molar-refractivity contribution is 5.21. The highest BCUT2D eigenvalue weighted by Gasteiger charge is 1.88. The summed E-state index contributed by atoms with van der Waals surface area (Å²) in [4.78, 5) is 0. The second-order valence-corrected chi connectivity index (χ2v) is 10.7. The first-order chi connectivity index (χ1) is 21.8. The van der Waals surface area contributed by atoms with Crippen LogP contribution in [0.5, 0.6) is 0 Å². The van der Waals surface area contributed by atoms with E-state index in [0.29, 0.717) is 0 Å². The number of aliphatic hydroxyl groups excluding tert-OH is 1. The average molecular weight is 597 g/mol. The minimum Gasteiger partial charge on any atom is -0.396 e. The van der Waals surface area contributed by atoms with Crippen LogP contribution in [0.15, 0.2) is 176 Å². The van der Waals surface area contributed by atoms with Gasteiger partial charge in [-0.25, -0.2) is 0 Å². The number of aryl methyl sites for hydroxylation is 6. The third-order valence-electron chi connectivity index (χ3n) is 6.22. The molecule has 1 nitrogen and oxygen atoms in total. The van der Waals surface area contributed by atoms with Crippen molar-refractivity contribution in [3.05, 3.63) is 215 Å². The number of aliphatic hydroxyl groups is 1. The van der Waals surface area contributed by atoms with Gasteiger partial charge in [-0.2, -0.15) is 0 Å². The molecule has 45 heavy (non-hydrogen) atoms. The quantitative estimate of drug-likeness (QED) is 0.211. The van der Waals surface area contributed by atoms with Gasteiger partial charge in [-0.15, -0.1) is 0 Å². The highest BCUT2D eigenvalue weighted by Crippen LogP contribution is 2.02. The Morgan fingerprint density at radius 2 is 0.489 bits per heavy atom. The molecule has 0 aliphatic rings. The number of hydrogen-bond acceptors (Lipinski definition) is 1. The van der Waals surface area contributed by atoms with E-state index < -0.39 is 0 Å². The molecule has 234 valence electrons. The van der Waals surface area contributed by atoms with Crippen molar-refractivity contribution >= 4 is 0 Å². The predicted molar refractivity (Wildman–Crippen MR) is 198 cm³/mol. The molecule has 0 radical (unpaired) electrons. The summed E-state index contributed by atoms with van der Waals surface area (Å²) < 4.78 is 0. The van der Waals surface area contributed by atoms with Gasteiger partial charge < -0.3 is 5.11 Å². The predicted octanol–water partition coefficient (Wildman–Crippen LogP) is 11.5. The summed E-state index contributed by atoms with van der Waals surface area (Å²) >= 11 is 0. The van der Waals surface area contributed by atoms with Crippen LogP contribution < -0.4 is 0 Å². The average Bonchev–Trinajstić information content (AvgIpc) is 3.06. The van der Waals surface area contributed by atoms with E-state index in [4.69, 9.17) is 5.11 Å². The molecule has 0 aliphatic heterocycles. The maximum Gasteiger partial charge on any atom is 0.0471 e. The lowest BCUT2D eigenvalue weighted by molar-refractivity contribution is 0.299. The van der Waals surface area contributed by atoms with Crippen molar-refractivity contribution in [2.24, 2.45) is 0 Å². The fourth-order valence-electron chi connectivity index (χ4n) is 3.56. The molecule has 0 saturated carbocycles. The van der Waals surface area contributed by atoms with E-state index in [9.17, 15) is 0 Å². The van der Waals surface area contributed by atoms with Crippen LogP contribution in [-0.4, -0.2) is 11.7 Å². The monoisotopic (exact) mass is 596 g/mol. The normalized spacial score (nSPS) is 8.96. The first-order valence-electron chi connectivity index (χ1n) is 15.5. The molecule has 0 unspecified atom stereocenters. The van der Waals surface area contributed by atoms with Crippen LogP contribution in [-0.2, 0) is 6.42 Å². The molecule has 0 heterocycles. The third-order valence-corrected chi connectivity index (χ3v) is 6.22. The molecule has 0 fully saturated rings. The van der Waals surface area contributed by atoms with Gasteiger partial charge in [0.15, 0.2) is 0 Å². The molecule has 6 aromatic carbocycles. The highest BCUT2D eigenvalue weighted by atomic mass is 16.2. The van der Waals surface area contributed by atoms with Gasteiger partial charge in [0.1, 0.15) is 0 Å². The first-order valence-corrected chi connectivity index (χ1v) is 15.5. The number of benzene rings is 6. The Morgan fingerprint density at radius 3 is 0.644 bits per heavy atom. The van der Waals surface area contributed by atoms with Crippen LogP contribution >= 0.6 is 0 Å². The molecule has 0 aromatic heterocycles. The summed E-state index contributed by atoms with van der Waals surface area (Å²) in [7, 11) is 0. The summed E-state index contributed by atoms with van der Waals surface area (Å²) in [6.07, 6.45) is 0.764. The van der Waals surface area contributed by atoms with Gasteiger partial charge in [-0.3, -0.25) is 0 Å². The molecular weight excluding hydrogens is 544 g/mol. The molecule has 0 aliphatic carbocycles. The fraction of sp³-hybridized carbons (Fsp3) is 0.182. The maximum absolute atomic E-state index is 8.59. The van der Waals surface area contributed by atoms with E-state index >= 15 is 0 Å². The Labute approximate surface area is 273 Å². The summed E-state index contributed by atoms with van der Waals surface area (Å²) in [5.41, 5.74) is 9.08.